The van der Waals surface area contributed by atoms with Crippen LogP contribution < -0.4 is 5.73 Å². The summed E-state index contributed by atoms with van der Waals surface area (Å²) >= 11 is 0. The minimum Gasteiger partial charge on any atom is -0.444 e. The third-order valence-corrected chi connectivity index (χ3v) is 4.26. The molecule has 0 aromatic carbocycles. The fourth-order valence-corrected chi connectivity index (χ4v) is 2.81. The molecule has 1 aliphatic heterocycles. The van der Waals surface area contributed by atoms with Crippen LogP contribution in [0.2, 0.25) is 0 Å². The number of carbonyl (C=O) groups excluding carboxylic acids is 1. The van der Waals surface area contributed by atoms with Gasteiger partial charge in [0, 0.05) is 44.8 Å². The number of amides is 1. The number of nitrogens with two attached hydrogens (primary N) is 1. The zero-order chi connectivity index (χ0) is 20.1. The molecule has 1 amide bonds. The normalized spacial score (nSPS) is 15.1. The summed E-state index contributed by atoms with van der Waals surface area (Å²) in [5.74, 6) is 1.26. The molecule has 158 valence electrons. The van der Waals surface area contributed by atoms with Crippen molar-refractivity contribution in [2.24, 2.45) is 10.7 Å². The third kappa shape index (κ3) is 6.58. The Kier molecular flexibility index (Phi) is 7.82. The van der Waals surface area contributed by atoms with E-state index in [0.717, 1.165) is 11.4 Å². The third-order valence-electron chi connectivity index (χ3n) is 4.26. The van der Waals surface area contributed by atoms with Crippen molar-refractivity contribution < 1.29 is 9.53 Å². The molecule has 1 aliphatic rings. The summed E-state index contributed by atoms with van der Waals surface area (Å²) in [4.78, 5) is 28.7. The van der Waals surface area contributed by atoms with Crippen LogP contribution in [0.1, 0.15) is 26.3 Å². The van der Waals surface area contributed by atoms with Gasteiger partial charge in [-0.1, -0.05) is 0 Å². The highest BCUT2D eigenvalue weighted by Gasteiger charge is 2.26. The lowest BCUT2D eigenvalue weighted by molar-refractivity contribution is 0.0186. The summed E-state index contributed by atoms with van der Waals surface area (Å²) in [6.07, 6.45) is 6.71. The number of piperazine rings is 1. The molecule has 0 spiro atoms. The van der Waals surface area contributed by atoms with E-state index in [1.807, 2.05) is 48.6 Å². The van der Waals surface area contributed by atoms with Crippen LogP contribution in [0.15, 0.2) is 42.0 Å². The maximum Gasteiger partial charge on any atom is 0.410 e. The van der Waals surface area contributed by atoms with Crippen molar-refractivity contribution >= 4 is 36.0 Å². The lowest BCUT2D eigenvalue weighted by atomic mass is 10.2. The zero-order valence-corrected chi connectivity index (χ0v) is 19.3. The average Bonchev–Trinajstić information content (AvgIpc) is 3.20. The molecule has 0 aliphatic carbocycles. The zero-order valence-electron chi connectivity index (χ0n) is 17.0. The van der Waals surface area contributed by atoms with Crippen molar-refractivity contribution in [2.75, 3.05) is 26.2 Å². The Balaban J connectivity index is 0.00000300. The topological polar surface area (TPSA) is 102 Å². The molecule has 9 nitrogen and oxygen atoms in total. The molecule has 1 fully saturated rings. The number of carbonyl (C=O) groups is 1. The van der Waals surface area contributed by atoms with Gasteiger partial charge in [0.2, 0.25) is 0 Å². The quantitative estimate of drug-likeness (QED) is 0.384. The van der Waals surface area contributed by atoms with Crippen LogP contribution in [-0.2, 0) is 11.3 Å². The number of ether oxygens (including phenoxy) is 1. The molecule has 3 heterocycles. The molecule has 0 radical (unpaired) electrons. The Morgan fingerprint density at radius 2 is 1.90 bits per heavy atom. The Morgan fingerprint density at radius 1 is 1.21 bits per heavy atom. The van der Waals surface area contributed by atoms with Crippen LogP contribution in [0.3, 0.4) is 0 Å². The summed E-state index contributed by atoms with van der Waals surface area (Å²) in [7, 11) is 0. The molecule has 0 unspecified atom stereocenters. The molecule has 2 N–H and O–H groups in total. The van der Waals surface area contributed by atoms with Gasteiger partial charge in [-0.25, -0.2) is 19.8 Å². The van der Waals surface area contributed by atoms with Crippen LogP contribution >= 0.6 is 24.0 Å². The minimum absolute atomic E-state index is 0. The van der Waals surface area contributed by atoms with Gasteiger partial charge in [0.1, 0.15) is 17.7 Å². The van der Waals surface area contributed by atoms with E-state index in [2.05, 4.69) is 15.0 Å². The van der Waals surface area contributed by atoms with Crippen LogP contribution in [0.4, 0.5) is 4.79 Å². The van der Waals surface area contributed by atoms with Crippen LogP contribution in [-0.4, -0.2) is 68.2 Å². The van der Waals surface area contributed by atoms with Crippen molar-refractivity contribution in [1.29, 1.82) is 0 Å². The first-order chi connectivity index (χ1) is 13.3. The second kappa shape index (κ2) is 9.90. The van der Waals surface area contributed by atoms with Gasteiger partial charge in [-0.2, -0.15) is 0 Å². The molecule has 2 aromatic heterocycles. The van der Waals surface area contributed by atoms with E-state index in [9.17, 15) is 4.79 Å². The van der Waals surface area contributed by atoms with E-state index >= 15 is 0 Å². The van der Waals surface area contributed by atoms with Crippen LogP contribution in [0.25, 0.3) is 5.82 Å². The highest BCUT2D eigenvalue weighted by molar-refractivity contribution is 14.0. The Hall–Kier alpha value is -2.37. The van der Waals surface area contributed by atoms with Gasteiger partial charge in [-0.3, -0.25) is 4.57 Å². The van der Waals surface area contributed by atoms with E-state index in [1.165, 1.54) is 0 Å². The van der Waals surface area contributed by atoms with Gasteiger partial charge in [-0.15, -0.1) is 24.0 Å². The number of pyridine rings is 1. The fraction of sp³-hybridized carbons (Fsp3) is 0.474. The van der Waals surface area contributed by atoms with Crippen molar-refractivity contribution in [3.8, 4) is 5.82 Å². The van der Waals surface area contributed by atoms with E-state index in [-0.39, 0.29) is 30.1 Å². The molecule has 29 heavy (non-hydrogen) atoms. The number of rotatable bonds is 3. The van der Waals surface area contributed by atoms with Gasteiger partial charge in [0.15, 0.2) is 5.96 Å². The van der Waals surface area contributed by atoms with Crippen molar-refractivity contribution in [3.63, 3.8) is 0 Å². The number of hydrogen-bond acceptors (Lipinski definition) is 5. The predicted molar refractivity (Wildman–Crippen MR) is 121 cm³/mol. The first-order valence-electron chi connectivity index (χ1n) is 9.28. The van der Waals surface area contributed by atoms with Crippen molar-refractivity contribution in [2.45, 2.75) is 32.9 Å². The second-order valence-corrected chi connectivity index (χ2v) is 7.62. The van der Waals surface area contributed by atoms with Gasteiger partial charge in [0.25, 0.3) is 0 Å². The standard InChI is InChI=1S/C19H27N7O2.HI/c1-19(2,3)28-18(27)25-10-8-24(9-11-25)17(20)23-13-15-4-5-22-16(12-15)26-7-6-21-14-26;/h4-7,12,14H,8-11,13H2,1-3H3,(H2,20,23);1H. The number of halogens is 1. The molecule has 0 saturated carbocycles. The SMILES string of the molecule is CC(C)(C)OC(=O)N1CCN(C(N)=NCc2ccnc(-n3ccnc3)c2)CC1.I. The summed E-state index contributed by atoms with van der Waals surface area (Å²) in [5, 5.41) is 0. The maximum absolute atomic E-state index is 12.1. The first kappa shape index (κ1) is 22.9. The number of hydrogen-bond donors (Lipinski definition) is 1. The molecular formula is C19H28IN7O2. The number of nitrogens with zero attached hydrogens (tertiary/aromatic N) is 6. The van der Waals surface area contributed by atoms with Crippen molar-refractivity contribution in [1.82, 2.24) is 24.3 Å². The van der Waals surface area contributed by atoms with Gasteiger partial charge in [-0.05, 0) is 38.5 Å². The lowest BCUT2D eigenvalue weighted by Gasteiger charge is -2.36. The summed E-state index contributed by atoms with van der Waals surface area (Å²) < 4.78 is 7.25. The number of imidazole rings is 1. The van der Waals surface area contributed by atoms with Crippen LogP contribution in [0.5, 0.6) is 0 Å². The van der Waals surface area contributed by atoms with E-state index < -0.39 is 5.60 Å². The van der Waals surface area contributed by atoms with E-state index in [4.69, 9.17) is 10.5 Å². The molecule has 0 bridgehead atoms. The number of guanidine groups is 1. The van der Waals surface area contributed by atoms with E-state index in [1.54, 1.807) is 23.6 Å². The predicted octanol–water partition coefficient (Wildman–Crippen LogP) is 2.25. The smallest absolute Gasteiger partial charge is 0.410 e. The minimum atomic E-state index is -0.491. The Labute approximate surface area is 188 Å². The van der Waals surface area contributed by atoms with Gasteiger partial charge in [0.05, 0.1) is 6.54 Å². The van der Waals surface area contributed by atoms with Crippen LogP contribution in [0, 0.1) is 0 Å². The molecule has 0 atom stereocenters. The highest BCUT2D eigenvalue weighted by atomic mass is 127. The lowest BCUT2D eigenvalue weighted by Crippen LogP contribution is -2.53. The molecule has 10 heteroatoms. The van der Waals surface area contributed by atoms with Crippen molar-refractivity contribution in [3.05, 3.63) is 42.6 Å². The Morgan fingerprint density at radius 3 is 2.52 bits per heavy atom. The average molecular weight is 513 g/mol. The molecular weight excluding hydrogens is 485 g/mol. The van der Waals surface area contributed by atoms with Gasteiger partial charge >= 0.3 is 6.09 Å². The Bertz CT molecular complexity index is 825. The monoisotopic (exact) mass is 513 g/mol. The molecule has 3 rings (SSSR count). The fourth-order valence-electron chi connectivity index (χ4n) is 2.81. The number of aliphatic imine (C=N–C) groups is 1. The highest BCUT2D eigenvalue weighted by Crippen LogP contribution is 2.12. The summed E-state index contributed by atoms with van der Waals surface area (Å²) in [6.45, 7) is 8.43. The van der Waals surface area contributed by atoms with E-state index in [0.29, 0.717) is 38.7 Å². The molecule has 2 aromatic rings. The van der Waals surface area contributed by atoms with Gasteiger partial charge < -0.3 is 20.3 Å². The first-order valence-corrected chi connectivity index (χ1v) is 9.28. The largest absolute Gasteiger partial charge is 0.444 e. The second-order valence-electron chi connectivity index (χ2n) is 7.62. The summed E-state index contributed by atoms with van der Waals surface area (Å²) in [6, 6.07) is 3.87. The maximum atomic E-state index is 12.1. The number of aromatic nitrogens is 3. The summed E-state index contributed by atoms with van der Waals surface area (Å²) in [5.41, 5.74) is 6.68. The molecule has 1 saturated heterocycles.